The highest BCUT2D eigenvalue weighted by Crippen LogP contribution is 2.20. The Morgan fingerprint density at radius 3 is 3.00 bits per heavy atom. The van der Waals surface area contributed by atoms with Crippen molar-refractivity contribution in [3.05, 3.63) is 14.5 Å². The summed E-state index contributed by atoms with van der Waals surface area (Å²) in [7, 11) is 0. The Kier molecular flexibility index (Phi) is 4.19. The van der Waals surface area contributed by atoms with Crippen molar-refractivity contribution < 1.29 is 9.53 Å². The summed E-state index contributed by atoms with van der Waals surface area (Å²) in [5.74, 6) is 0.0383. The lowest BCUT2D eigenvalue weighted by Crippen LogP contribution is -2.52. The van der Waals surface area contributed by atoms with Crippen LogP contribution in [0.5, 0.6) is 0 Å². The van der Waals surface area contributed by atoms with E-state index in [-0.39, 0.29) is 11.4 Å². The molecule has 2 heterocycles. The quantitative estimate of drug-likeness (QED) is 0.839. The summed E-state index contributed by atoms with van der Waals surface area (Å²) in [6.07, 6.45) is 2.36. The van der Waals surface area contributed by atoms with E-state index in [1.54, 1.807) is 0 Å². The minimum absolute atomic E-state index is 0.0383. The van der Waals surface area contributed by atoms with Crippen LogP contribution >= 0.6 is 23.6 Å². The van der Waals surface area contributed by atoms with Crippen LogP contribution in [0.4, 0.5) is 0 Å². The van der Waals surface area contributed by atoms with Crippen LogP contribution in [0.1, 0.15) is 30.3 Å². The van der Waals surface area contributed by atoms with Crippen molar-refractivity contribution in [1.29, 1.82) is 0 Å². The molecule has 1 aromatic rings. The fourth-order valence-corrected chi connectivity index (χ4v) is 3.45. The summed E-state index contributed by atoms with van der Waals surface area (Å²) in [6.45, 7) is 5.38. The fourth-order valence-electron chi connectivity index (χ4n) is 2.16. The molecule has 0 spiro atoms. The average molecular weight is 286 g/mol. The molecule has 1 aliphatic rings. The summed E-state index contributed by atoms with van der Waals surface area (Å²) in [6, 6.07) is 0. The van der Waals surface area contributed by atoms with Gasteiger partial charge in [-0.25, -0.2) is 0 Å². The number of hydrogen-bond acceptors (Lipinski definition) is 4. The minimum atomic E-state index is -0.221. The van der Waals surface area contributed by atoms with Crippen LogP contribution < -0.4 is 5.32 Å². The zero-order valence-corrected chi connectivity index (χ0v) is 12.3. The van der Waals surface area contributed by atoms with Crippen LogP contribution in [-0.2, 0) is 16.0 Å². The van der Waals surface area contributed by atoms with E-state index in [9.17, 15) is 4.79 Å². The molecule has 4 nitrogen and oxygen atoms in total. The highest BCUT2D eigenvalue weighted by Gasteiger charge is 2.29. The van der Waals surface area contributed by atoms with E-state index in [0.29, 0.717) is 13.0 Å². The molecule has 1 aromatic heterocycles. The monoisotopic (exact) mass is 286 g/mol. The summed E-state index contributed by atoms with van der Waals surface area (Å²) >= 11 is 6.54. The molecular formula is C12H18N2O2S2. The highest BCUT2D eigenvalue weighted by atomic mass is 32.1. The number of ether oxygens (including phenoxy) is 1. The fraction of sp³-hybridized carbons (Fsp3) is 0.667. The summed E-state index contributed by atoms with van der Waals surface area (Å²) < 4.78 is 6.15. The maximum Gasteiger partial charge on any atom is 0.225 e. The Labute approximate surface area is 116 Å². The van der Waals surface area contributed by atoms with Gasteiger partial charge in [0.05, 0.1) is 18.6 Å². The number of rotatable bonds is 3. The minimum Gasteiger partial charge on any atom is -0.379 e. The van der Waals surface area contributed by atoms with Gasteiger partial charge >= 0.3 is 0 Å². The van der Waals surface area contributed by atoms with Gasteiger partial charge in [0.2, 0.25) is 5.91 Å². The number of H-pyrrole nitrogens is 1. The third-order valence-electron chi connectivity index (χ3n) is 3.12. The van der Waals surface area contributed by atoms with E-state index in [2.05, 4.69) is 10.3 Å². The molecule has 2 N–H and O–H groups in total. The van der Waals surface area contributed by atoms with E-state index in [4.69, 9.17) is 17.0 Å². The standard InChI is InChI=1S/C12H18N2O2S2/c1-8-9(18-11(17)13-8)6-10(15)14-12(2)4-3-5-16-7-12/h3-7H2,1-2H3,(H,13,17)(H,14,15). The molecule has 0 aromatic carbocycles. The number of carbonyl (C=O) groups excluding carboxylic acids is 1. The van der Waals surface area contributed by atoms with Gasteiger partial charge in [-0.15, -0.1) is 11.3 Å². The summed E-state index contributed by atoms with van der Waals surface area (Å²) in [5, 5.41) is 3.08. The number of nitrogens with one attached hydrogen (secondary N) is 2. The van der Waals surface area contributed by atoms with Gasteiger partial charge in [0.25, 0.3) is 0 Å². The Morgan fingerprint density at radius 2 is 2.44 bits per heavy atom. The van der Waals surface area contributed by atoms with Crippen molar-refractivity contribution in [2.24, 2.45) is 0 Å². The van der Waals surface area contributed by atoms with Crippen LogP contribution in [0.15, 0.2) is 0 Å². The molecule has 2 rings (SSSR count). The number of aryl methyl sites for hydroxylation is 1. The van der Waals surface area contributed by atoms with Crippen LogP contribution in [0, 0.1) is 10.9 Å². The Morgan fingerprint density at radius 1 is 1.67 bits per heavy atom. The smallest absolute Gasteiger partial charge is 0.225 e. The lowest BCUT2D eigenvalue weighted by Gasteiger charge is -2.34. The van der Waals surface area contributed by atoms with Gasteiger partial charge in [-0.2, -0.15) is 0 Å². The highest BCUT2D eigenvalue weighted by molar-refractivity contribution is 7.73. The molecule has 0 radical (unpaired) electrons. The molecule has 1 atom stereocenters. The van der Waals surface area contributed by atoms with Gasteiger partial charge < -0.3 is 15.0 Å². The summed E-state index contributed by atoms with van der Waals surface area (Å²) in [5.41, 5.74) is 0.770. The molecule has 1 amide bonds. The maximum atomic E-state index is 12.0. The van der Waals surface area contributed by atoms with Gasteiger partial charge in [0.1, 0.15) is 0 Å². The van der Waals surface area contributed by atoms with E-state index in [1.165, 1.54) is 11.3 Å². The van der Waals surface area contributed by atoms with Gasteiger partial charge in [0, 0.05) is 17.2 Å². The number of hydrogen-bond donors (Lipinski definition) is 2. The number of thiazole rings is 1. The second-order valence-electron chi connectivity index (χ2n) is 5.00. The predicted molar refractivity (Wildman–Crippen MR) is 74.5 cm³/mol. The Hall–Kier alpha value is -0.720. The molecule has 6 heteroatoms. The number of aromatic amines is 1. The number of amides is 1. The van der Waals surface area contributed by atoms with Crippen LogP contribution in [-0.4, -0.2) is 29.6 Å². The number of aromatic nitrogens is 1. The van der Waals surface area contributed by atoms with E-state index < -0.39 is 0 Å². The molecule has 100 valence electrons. The molecule has 0 bridgehead atoms. The van der Waals surface area contributed by atoms with Crippen molar-refractivity contribution in [3.63, 3.8) is 0 Å². The molecule has 1 fully saturated rings. The molecule has 1 unspecified atom stereocenters. The SMILES string of the molecule is Cc1[nH]c(=S)sc1CC(=O)NC1(C)CCCOC1. The normalized spacial score (nSPS) is 23.9. The van der Waals surface area contributed by atoms with Gasteiger partial charge in [0.15, 0.2) is 3.95 Å². The van der Waals surface area contributed by atoms with Crippen LogP contribution in [0.25, 0.3) is 0 Å². The first-order valence-corrected chi connectivity index (χ1v) is 7.28. The average Bonchev–Trinajstić information content (AvgIpc) is 2.57. The largest absolute Gasteiger partial charge is 0.379 e. The van der Waals surface area contributed by atoms with Gasteiger partial charge in [-0.05, 0) is 38.9 Å². The summed E-state index contributed by atoms with van der Waals surface area (Å²) in [4.78, 5) is 16.1. The van der Waals surface area contributed by atoms with Crippen molar-refractivity contribution in [2.75, 3.05) is 13.2 Å². The zero-order valence-electron chi connectivity index (χ0n) is 10.7. The molecule has 0 aliphatic carbocycles. The zero-order chi connectivity index (χ0) is 13.2. The van der Waals surface area contributed by atoms with E-state index in [0.717, 1.165) is 34.0 Å². The van der Waals surface area contributed by atoms with Crippen LogP contribution in [0.3, 0.4) is 0 Å². The first kappa shape index (κ1) is 13.7. The molecular weight excluding hydrogens is 268 g/mol. The maximum absolute atomic E-state index is 12.0. The van der Waals surface area contributed by atoms with Gasteiger partial charge in [-0.3, -0.25) is 4.79 Å². The topological polar surface area (TPSA) is 54.1 Å². The molecule has 18 heavy (non-hydrogen) atoms. The van der Waals surface area contributed by atoms with Crippen molar-refractivity contribution >= 4 is 29.5 Å². The first-order chi connectivity index (χ1) is 8.48. The Bertz CT molecular complexity index is 487. The lowest BCUT2D eigenvalue weighted by molar-refractivity contribution is -0.123. The van der Waals surface area contributed by atoms with Gasteiger partial charge in [-0.1, -0.05) is 0 Å². The molecule has 1 aliphatic heterocycles. The van der Waals surface area contributed by atoms with Crippen molar-refractivity contribution in [2.45, 2.75) is 38.6 Å². The molecule has 1 saturated heterocycles. The third-order valence-corrected chi connectivity index (χ3v) is 4.46. The third kappa shape index (κ3) is 3.40. The second kappa shape index (κ2) is 5.50. The first-order valence-electron chi connectivity index (χ1n) is 6.06. The number of carbonyl (C=O) groups is 1. The second-order valence-corrected chi connectivity index (χ2v) is 6.78. The lowest BCUT2D eigenvalue weighted by atomic mass is 9.94. The van der Waals surface area contributed by atoms with Crippen molar-refractivity contribution in [3.8, 4) is 0 Å². The van der Waals surface area contributed by atoms with E-state index in [1.807, 2.05) is 13.8 Å². The molecule has 0 saturated carbocycles. The van der Waals surface area contributed by atoms with Crippen LogP contribution in [0.2, 0.25) is 0 Å². The predicted octanol–water partition coefficient (Wildman–Crippen LogP) is 2.34. The Balaban J connectivity index is 1.96. The van der Waals surface area contributed by atoms with E-state index >= 15 is 0 Å². The van der Waals surface area contributed by atoms with Crippen molar-refractivity contribution in [1.82, 2.24) is 10.3 Å².